The molecule has 2 fully saturated rings. The summed E-state index contributed by atoms with van der Waals surface area (Å²) in [5, 5.41) is 22.5. The van der Waals surface area contributed by atoms with Gasteiger partial charge in [-0.1, -0.05) is 0 Å². The number of fused-ring (bicyclic) bond motifs is 1. The van der Waals surface area contributed by atoms with Crippen LogP contribution >= 0.6 is 0 Å². The van der Waals surface area contributed by atoms with Crippen molar-refractivity contribution in [3.8, 4) is 11.5 Å². The van der Waals surface area contributed by atoms with Crippen molar-refractivity contribution in [2.45, 2.75) is 6.04 Å². The lowest BCUT2D eigenvalue weighted by Gasteiger charge is -2.29. The summed E-state index contributed by atoms with van der Waals surface area (Å²) in [6, 6.07) is 5.23. The zero-order chi connectivity index (χ0) is 10.4. The molecule has 1 aromatic rings. The number of benzene rings is 1. The van der Waals surface area contributed by atoms with Crippen LogP contribution in [-0.2, 0) is 0 Å². The van der Waals surface area contributed by atoms with Gasteiger partial charge in [-0.3, -0.25) is 0 Å². The number of aromatic hydroxyl groups is 2. The predicted molar refractivity (Wildman–Crippen MR) is 57.3 cm³/mol. The van der Waals surface area contributed by atoms with Gasteiger partial charge in [0.2, 0.25) is 0 Å². The highest BCUT2D eigenvalue weighted by Crippen LogP contribution is 2.35. The van der Waals surface area contributed by atoms with Gasteiger partial charge in [0.15, 0.2) is 0 Å². The Morgan fingerprint density at radius 1 is 1.27 bits per heavy atom. The third kappa shape index (κ3) is 1.33. The van der Waals surface area contributed by atoms with E-state index in [2.05, 4.69) is 10.2 Å². The fourth-order valence-electron chi connectivity index (χ4n) is 2.41. The van der Waals surface area contributed by atoms with E-state index in [9.17, 15) is 10.2 Å². The minimum Gasteiger partial charge on any atom is -0.508 e. The SMILES string of the molecule is Oc1ccc(O)c(N2C[C@@H]3CN[C@@H]3C2)c1. The van der Waals surface area contributed by atoms with Gasteiger partial charge in [0.25, 0.3) is 0 Å². The quantitative estimate of drug-likeness (QED) is 0.586. The molecule has 0 saturated carbocycles. The van der Waals surface area contributed by atoms with Gasteiger partial charge in [-0.2, -0.15) is 0 Å². The normalized spacial score (nSPS) is 28.7. The summed E-state index contributed by atoms with van der Waals surface area (Å²) in [5.41, 5.74) is 0.742. The van der Waals surface area contributed by atoms with E-state index < -0.39 is 0 Å². The second kappa shape index (κ2) is 3.03. The minimum atomic E-state index is 0.204. The highest BCUT2D eigenvalue weighted by atomic mass is 16.3. The lowest BCUT2D eigenvalue weighted by molar-refractivity contribution is 0.297. The van der Waals surface area contributed by atoms with Gasteiger partial charge in [0, 0.05) is 37.7 Å². The van der Waals surface area contributed by atoms with Crippen molar-refractivity contribution in [1.82, 2.24) is 5.32 Å². The zero-order valence-electron chi connectivity index (χ0n) is 8.35. The lowest BCUT2D eigenvalue weighted by atomic mass is 9.96. The number of nitrogens with one attached hydrogen (secondary N) is 1. The number of phenols is 2. The topological polar surface area (TPSA) is 55.7 Å². The van der Waals surface area contributed by atoms with Crippen molar-refractivity contribution in [1.29, 1.82) is 0 Å². The van der Waals surface area contributed by atoms with Gasteiger partial charge >= 0.3 is 0 Å². The Hall–Kier alpha value is -1.42. The highest BCUT2D eigenvalue weighted by Gasteiger charge is 2.39. The summed E-state index contributed by atoms with van der Waals surface area (Å²) >= 11 is 0. The second-order valence-corrected chi connectivity index (χ2v) is 4.35. The van der Waals surface area contributed by atoms with Crippen molar-refractivity contribution in [2.24, 2.45) is 5.92 Å². The Labute approximate surface area is 88.1 Å². The van der Waals surface area contributed by atoms with E-state index in [-0.39, 0.29) is 11.5 Å². The van der Waals surface area contributed by atoms with Crippen LogP contribution in [0.2, 0.25) is 0 Å². The third-order valence-electron chi connectivity index (χ3n) is 3.38. The van der Waals surface area contributed by atoms with E-state index in [0.29, 0.717) is 12.0 Å². The highest BCUT2D eigenvalue weighted by molar-refractivity contribution is 5.61. The molecule has 0 aliphatic carbocycles. The first kappa shape index (κ1) is 8.85. The number of hydrogen-bond donors (Lipinski definition) is 3. The second-order valence-electron chi connectivity index (χ2n) is 4.35. The van der Waals surface area contributed by atoms with Crippen LogP contribution in [0.1, 0.15) is 0 Å². The van der Waals surface area contributed by atoms with Crippen molar-refractivity contribution in [3.05, 3.63) is 18.2 Å². The summed E-state index contributed by atoms with van der Waals surface area (Å²) in [5.74, 6) is 1.15. The molecule has 80 valence electrons. The van der Waals surface area contributed by atoms with Gasteiger partial charge < -0.3 is 20.4 Å². The summed E-state index contributed by atoms with van der Waals surface area (Å²) < 4.78 is 0. The molecule has 2 atom stereocenters. The largest absolute Gasteiger partial charge is 0.508 e. The Balaban J connectivity index is 1.89. The molecule has 0 radical (unpaired) electrons. The van der Waals surface area contributed by atoms with Gasteiger partial charge in [-0.05, 0) is 12.1 Å². The molecule has 2 saturated heterocycles. The van der Waals surface area contributed by atoms with Crippen LogP contribution < -0.4 is 10.2 Å². The van der Waals surface area contributed by atoms with E-state index >= 15 is 0 Å². The van der Waals surface area contributed by atoms with E-state index in [1.54, 1.807) is 12.1 Å². The van der Waals surface area contributed by atoms with Gasteiger partial charge in [-0.15, -0.1) is 0 Å². The van der Waals surface area contributed by atoms with Crippen LogP contribution in [0.15, 0.2) is 18.2 Å². The maximum absolute atomic E-state index is 9.72. The van der Waals surface area contributed by atoms with Crippen LogP contribution in [0.25, 0.3) is 0 Å². The fourth-order valence-corrected chi connectivity index (χ4v) is 2.41. The first-order valence-electron chi connectivity index (χ1n) is 5.24. The smallest absolute Gasteiger partial charge is 0.139 e. The molecule has 0 aromatic heterocycles. The number of anilines is 1. The molecule has 0 unspecified atom stereocenters. The van der Waals surface area contributed by atoms with Gasteiger partial charge in [-0.25, -0.2) is 0 Å². The average molecular weight is 206 g/mol. The molecule has 2 aliphatic rings. The molecule has 2 heterocycles. The van der Waals surface area contributed by atoms with E-state index in [1.165, 1.54) is 6.07 Å². The number of hydrogen-bond acceptors (Lipinski definition) is 4. The van der Waals surface area contributed by atoms with E-state index in [0.717, 1.165) is 25.3 Å². The van der Waals surface area contributed by atoms with Crippen molar-refractivity contribution < 1.29 is 10.2 Å². The average Bonchev–Trinajstić information content (AvgIpc) is 2.47. The van der Waals surface area contributed by atoms with Crippen LogP contribution in [0, 0.1) is 5.92 Å². The Kier molecular flexibility index (Phi) is 1.79. The summed E-state index contributed by atoms with van der Waals surface area (Å²) in [6.07, 6.45) is 0. The zero-order valence-corrected chi connectivity index (χ0v) is 8.35. The molecular formula is C11H14N2O2. The first-order chi connectivity index (χ1) is 7.24. The molecule has 3 rings (SSSR count). The van der Waals surface area contributed by atoms with Gasteiger partial charge in [0.05, 0.1) is 5.69 Å². The molecule has 1 aromatic carbocycles. The summed E-state index contributed by atoms with van der Waals surface area (Å²) in [6.45, 7) is 2.96. The number of rotatable bonds is 1. The van der Waals surface area contributed by atoms with Crippen molar-refractivity contribution in [2.75, 3.05) is 24.5 Å². The Bertz CT molecular complexity index is 382. The van der Waals surface area contributed by atoms with Crippen LogP contribution in [0.4, 0.5) is 5.69 Å². The molecule has 0 amide bonds. The third-order valence-corrected chi connectivity index (χ3v) is 3.38. The molecule has 15 heavy (non-hydrogen) atoms. The molecule has 4 nitrogen and oxygen atoms in total. The number of nitrogens with zero attached hydrogens (tertiary/aromatic N) is 1. The molecule has 0 bridgehead atoms. The lowest BCUT2D eigenvalue weighted by Crippen LogP contribution is -2.51. The maximum atomic E-state index is 9.72. The van der Waals surface area contributed by atoms with Crippen LogP contribution in [-0.4, -0.2) is 35.9 Å². The first-order valence-corrected chi connectivity index (χ1v) is 5.24. The van der Waals surface area contributed by atoms with Crippen molar-refractivity contribution in [3.63, 3.8) is 0 Å². The van der Waals surface area contributed by atoms with E-state index in [4.69, 9.17) is 0 Å². The van der Waals surface area contributed by atoms with Crippen LogP contribution in [0.3, 0.4) is 0 Å². The molecule has 4 heteroatoms. The number of phenolic OH excluding ortho intramolecular Hbond substituents is 2. The molecular weight excluding hydrogens is 192 g/mol. The molecule has 2 aliphatic heterocycles. The standard InChI is InChI=1S/C11H14N2O2/c14-8-1-2-11(15)10(3-8)13-5-7-4-12-9(7)6-13/h1-3,7,9,12,14-15H,4-6H2/t7-,9+/m0/s1. The fraction of sp³-hybridized carbons (Fsp3) is 0.455. The van der Waals surface area contributed by atoms with Gasteiger partial charge in [0.1, 0.15) is 11.5 Å². The molecule has 3 N–H and O–H groups in total. The van der Waals surface area contributed by atoms with Crippen LogP contribution in [0.5, 0.6) is 11.5 Å². The van der Waals surface area contributed by atoms with E-state index in [1.807, 2.05) is 0 Å². The Morgan fingerprint density at radius 3 is 2.73 bits per heavy atom. The molecule has 0 spiro atoms. The Morgan fingerprint density at radius 2 is 2.13 bits per heavy atom. The maximum Gasteiger partial charge on any atom is 0.139 e. The summed E-state index contributed by atoms with van der Waals surface area (Å²) in [7, 11) is 0. The summed E-state index contributed by atoms with van der Waals surface area (Å²) in [4.78, 5) is 2.13. The predicted octanol–water partition coefficient (Wildman–Crippen LogP) is 0.506. The van der Waals surface area contributed by atoms with Crippen molar-refractivity contribution >= 4 is 5.69 Å². The minimum absolute atomic E-state index is 0.204. The monoisotopic (exact) mass is 206 g/mol.